The molecule has 1 N–H and O–H groups in total. The van der Waals surface area contributed by atoms with Crippen molar-refractivity contribution in [1.29, 1.82) is 0 Å². The third kappa shape index (κ3) is 5.36. The molecule has 1 rings (SSSR count). The zero-order valence-electron chi connectivity index (χ0n) is 10.3. The lowest BCUT2D eigenvalue weighted by Crippen LogP contribution is -2.25. The summed E-state index contributed by atoms with van der Waals surface area (Å²) in [4.78, 5) is 12.3. The van der Waals surface area contributed by atoms with E-state index in [1.807, 2.05) is 24.3 Å². The standard InChI is InChI=1S/C13H19NO3/c1-3-8-17-12-6-4-11(5-7-12)9-14(2)10-13(15)16/h4-7H,3,8-10H2,1-2H3,(H,15,16). The number of rotatable bonds is 7. The average Bonchev–Trinajstić information content (AvgIpc) is 2.27. The number of ether oxygens (including phenoxy) is 1. The molecule has 94 valence electrons. The lowest BCUT2D eigenvalue weighted by molar-refractivity contribution is -0.138. The molecule has 0 radical (unpaired) electrons. The predicted octanol–water partition coefficient (Wildman–Crippen LogP) is 1.99. The first-order chi connectivity index (χ1) is 8.11. The van der Waals surface area contributed by atoms with Crippen LogP contribution in [0, 0.1) is 0 Å². The molecule has 0 unspecified atom stereocenters. The van der Waals surface area contributed by atoms with Crippen molar-refractivity contribution in [3.8, 4) is 5.75 Å². The third-order valence-electron chi connectivity index (χ3n) is 2.25. The highest BCUT2D eigenvalue weighted by Gasteiger charge is 2.04. The number of carboxylic acid groups (broad SMARTS) is 1. The van der Waals surface area contributed by atoms with Gasteiger partial charge in [-0.2, -0.15) is 0 Å². The molecular weight excluding hydrogens is 218 g/mol. The van der Waals surface area contributed by atoms with E-state index in [9.17, 15) is 4.79 Å². The van der Waals surface area contributed by atoms with Gasteiger partial charge in [0.05, 0.1) is 13.2 Å². The van der Waals surface area contributed by atoms with Crippen LogP contribution < -0.4 is 4.74 Å². The minimum atomic E-state index is -0.810. The van der Waals surface area contributed by atoms with E-state index in [1.165, 1.54) is 0 Å². The maximum atomic E-state index is 10.5. The average molecular weight is 237 g/mol. The Morgan fingerprint density at radius 2 is 2.00 bits per heavy atom. The molecule has 0 heterocycles. The normalized spacial score (nSPS) is 10.5. The summed E-state index contributed by atoms with van der Waals surface area (Å²) in [6.45, 7) is 3.46. The molecule has 0 aliphatic heterocycles. The summed E-state index contributed by atoms with van der Waals surface area (Å²) >= 11 is 0. The SMILES string of the molecule is CCCOc1ccc(CN(C)CC(=O)O)cc1. The fourth-order valence-corrected chi connectivity index (χ4v) is 1.51. The van der Waals surface area contributed by atoms with Gasteiger partial charge in [0, 0.05) is 6.54 Å². The van der Waals surface area contributed by atoms with Crippen LogP contribution in [0.3, 0.4) is 0 Å². The molecule has 0 bridgehead atoms. The lowest BCUT2D eigenvalue weighted by Gasteiger charge is -2.14. The van der Waals surface area contributed by atoms with Crippen molar-refractivity contribution in [3.05, 3.63) is 29.8 Å². The number of likely N-dealkylation sites (N-methyl/N-ethyl adjacent to an activating group) is 1. The molecule has 0 amide bonds. The summed E-state index contributed by atoms with van der Waals surface area (Å²) in [5.41, 5.74) is 1.08. The minimum Gasteiger partial charge on any atom is -0.494 e. The highest BCUT2D eigenvalue weighted by molar-refractivity contribution is 5.69. The molecule has 0 atom stereocenters. The van der Waals surface area contributed by atoms with Gasteiger partial charge < -0.3 is 9.84 Å². The third-order valence-corrected chi connectivity index (χ3v) is 2.25. The molecule has 0 spiro atoms. The largest absolute Gasteiger partial charge is 0.494 e. The van der Waals surface area contributed by atoms with E-state index < -0.39 is 5.97 Å². The minimum absolute atomic E-state index is 0.0497. The number of benzene rings is 1. The molecule has 0 saturated carbocycles. The van der Waals surface area contributed by atoms with Crippen molar-refractivity contribution in [3.63, 3.8) is 0 Å². The van der Waals surface area contributed by atoms with Crippen LogP contribution in [0.15, 0.2) is 24.3 Å². The number of hydrogen-bond acceptors (Lipinski definition) is 3. The summed E-state index contributed by atoms with van der Waals surface area (Å²) in [5.74, 6) is 0.0480. The zero-order chi connectivity index (χ0) is 12.7. The van der Waals surface area contributed by atoms with Crippen LogP contribution in [0.4, 0.5) is 0 Å². The Morgan fingerprint density at radius 3 is 2.53 bits per heavy atom. The van der Waals surface area contributed by atoms with Gasteiger partial charge in [-0.1, -0.05) is 19.1 Å². The van der Waals surface area contributed by atoms with Crippen LogP contribution >= 0.6 is 0 Å². The number of aliphatic carboxylic acids is 1. The van der Waals surface area contributed by atoms with Crippen LogP contribution in [0.2, 0.25) is 0 Å². The van der Waals surface area contributed by atoms with Crippen molar-refractivity contribution in [2.45, 2.75) is 19.9 Å². The second-order valence-electron chi connectivity index (χ2n) is 4.06. The van der Waals surface area contributed by atoms with Crippen molar-refractivity contribution in [2.75, 3.05) is 20.2 Å². The van der Waals surface area contributed by atoms with E-state index >= 15 is 0 Å². The Morgan fingerprint density at radius 1 is 1.35 bits per heavy atom. The van der Waals surface area contributed by atoms with Crippen LogP contribution in [-0.2, 0) is 11.3 Å². The van der Waals surface area contributed by atoms with Crippen molar-refractivity contribution in [2.24, 2.45) is 0 Å². The van der Waals surface area contributed by atoms with Gasteiger partial charge in [0.15, 0.2) is 0 Å². The van der Waals surface area contributed by atoms with Gasteiger partial charge in [0.2, 0.25) is 0 Å². The molecule has 1 aromatic rings. The first kappa shape index (κ1) is 13.5. The van der Waals surface area contributed by atoms with Gasteiger partial charge in [-0.15, -0.1) is 0 Å². The lowest BCUT2D eigenvalue weighted by atomic mass is 10.2. The monoisotopic (exact) mass is 237 g/mol. The molecule has 1 aromatic carbocycles. The van der Waals surface area contributed by atoms with Gasteiger partial charge in [0.25, 0.3) is 0 Å². The highest BCUT2D eigenvalue weighted by atomic mass is 16.5. The fraction of sp³-hybridized carbons (Fsp3) is 0.462. The molecule has 0 fully saturated rings. The number of carboxylic acids is 1. The van der Waals surface area contributed by atoms with E-state index in [1.54, 1.807) is 11.9 Å². The Labute approximate surface area is 102 Å². The van der Waals surface area contributed by atoms with E-state index in [2.05, 4.69) is 6.92 Å². The van der Waals surface area contributed by atoms with E-state index in [4.69, 9.17) is 9.84 Å². The van der Waals surface area contributed by atoms with Gasteiger partial charge in [0.1, 0.15) is 5.75 Å². The Bertz CT molecular complexity index is 348. The summed E-state index contributed by atoms with van der Waals surface area (Å²) in [5, 5.41) is 8.64. The maximum Gasteiger partial charge on any atom is 0.317 e. The Kier molecular flexibility index (Phi) is 5.49. The van der Waals surface area contributed by atoms with Crippen molar-refractivity contribution < 1.29 is 14.6 Å². The molecule has 4 heteroatoms. The topological polar surface area (TPSA) is 49.8 Å². The molecular formula is C13H19NO3. The van der Waals surface area contributed by atoms with E-state index in [0.717, 1.165) is 24.3 Å². The molecule has 4 nitrogen and oxygen atoms in total. The molecule has 0 aromatic heterocycles. The van der Waals surface area contributed by atoms with Crippen LogP contribution in [0.25, 0.3) is 0 Å². The Hall–Kier alpha value is -1.55. The summed E-state index contributed by atoms with van der Waals surface area (Å²) in [6.07, 6.45) is 0.989. The van der Waals surface area contributed by atoms with Crippen LogP contribution in [0.5, 0.6) is 5.75 Å². The van der Waals surface area contributed by atoms with Gasteiger partial charge >= 0.3 is 5.97 Å². The van der Waals surface area contributed by atoms with E-state index in [0.29, 0.717) is 6.54 Å². The second-order valence-corrected chi connectivity index (χ2v) is 4.06. The Balaban J connectivity index is 2.47. The van der Waals surface area contributed by atoms with Crippen LogP contribution in [0.1, 0.15) is 18.9 Å². The molecule has 0 saturated heterocycles. The smallest absolute Gasteiger partial charge is 0.317 e. The summed E-state index contributed by atoms with van der Waals surface area (Å²) < 4.78 is 5.47. The van der Waals surface area contributed by atoms with Gasteiger partial charge in [-0.3, -0.25) is 9.69 Å². The molecule has 0 aliphatic carbocycles. The summed E-state index contributed by atoms with van der Waals surface area (Å²) in [6, 6.07) is 7.76. The summed E-state index contributed by atoms with van der Waals surface area (Å²) in [7, 11) is 1.79. The molecule has 17 heavy (non-hydrogen) atoms. The van der Waals surface area contributed by atoms with Crippen molar-refractivity contribution >= 4 is 5.97 Å². The maximum absolute atomic E-state index is 10.5. The highest BCUT2D eigenvalue weighted by Crippen LogP contribution is 2.13. The fourth-order valence-electron chi connectivity index (χ4n) is 1.51. The quantitative estimate of drug-likeness (QED) is 0.788. The van der Waals surface area contributed by atoms with Crippen molar-refractivity contribution in [1.82, 2.24) is 4.90 Å². The number of hydrogen-bond donors (Lipinski definition) is 1. The van der Waals surface area contributed by atoms with Gasteiger partial charge in [-0.25, -0.2) is 0 Å². The molecule has 0 aliphatic rings. The van der Waals surface area contributed by atoms with E-state index in [-0.39, 0.29) is 6.54 Å². The second kappa shape index (κ2) is 6.91. The predicted molar refractivity (Wildman–Crippen MR) is 66.2 cm³/mol. The van der Waals surface area contributed by atoms with Gasteiger partial charge in [-0.05, 0) is 31.2 Å². The van der Waals surface area contributed by atoms with Crippen LogP contribution in [-0.4, -0.2) is 36.2 Å². The first-order valence-electron chi connectivity index (χ1n) is 5.74. The zero-order valence-corrected chi connectivity index (χ0v) is 10.3. The first-order valence-corrected chi connectivity index (χ1v) is 5.74. The number of carbonyl (C=O) groups is 1. The number of nitrogens with zero attached hydrogens (tertiary/aromatic N) is 1.